The van der Waals surface area contributed by atoms with Crippen LogP contribution in [0.15, 0.2) is 18.2 Å². The zero-order valence-corrected chi connectivity index (χ0v) is 12.4. The smallest absolute Gasteiger partial charge is 0.311 e. The van der Waals surface area contributed by atoms with Crippen LogP contribution in [0.1, 0.15) is 5.56 Å². The number of morpholine rings is 1. The number of nitrogens with zero attached hydrogens (tertiary/aromatic N) is 2. The van der Waals surface area contributed by atoms with E-state index in [-0.39, 0.29) is 17.5 Å². The largest absolute Gasteiger partial charge is 0.490 e. The van der Waals surface area contributed by atoms with Gasteiger partial charge in [-0.2, -0.15) is 0 Å². The standard InChI is InChI=1S/C14H21N3O4/c1-16-5-6-21-12(10-16)9-15-8-11-3-4-14(20-2)13(7-11)17(18)19/h3-4,7,12,15H,5-6,8-10H2,1-2H3. The summed E-state index contributed by atoms with van der Waals surface area (Å²) in [5.74, 6) is 0.279. The van der Waals surface area contributed by atoms with E-state index in [1.54, 1.807) is 12.1 Å². The third-order valence-corrected chi connectivity index (χ3v) is 3.48. The molecule has 0 bridgehead atoms. The highest BCUT2D eigenvalue weighted by molar-refractivity contribution is 5.48. The summed E-state index contributed by atoms with van der Waals surface area (Å²) in [7, 11) is 3.50. The molecule has 116 valence electrons. The molecule has 0 amide bonds. The van der Waals surface area contributed by atoms with Crippen LogP contribution in [-0.4, -0.2) is 56.3 Å². The van der Waals surface area contributed by atoms with E-state index in [2.05, 4.69) is 17.3 Å². The Morgan fingerprint density at radius 2 is 2.38 bits per heavy atom. The molecule has 1 heterocycles. The zero-order valence-electron chi connectivity index (χ0n) is 12.4. The molecule has 1 N–H and O–H groups in total. The van der Waals surface area contributed by atoms with Gasteiger partial charge in [-0.1, -0.05) is 6.07 Å². The van der Waals surface area contributed by atoms with Crippen molar-refractivity contribution in [1.29, 1.82) is 0 Å². The number of rotatable bonds is 6. The first-order valence-electron chi connectivity index (χ1n) is 6.92. The number of nitro benzene ring substituents is 1. The van der Waals surface area contributed by atoms with Crippen LogP contribution in [0, 0.1) is 10.1 Å². The molecule has 1 aromatic rings. The highest BCUT2D eigenvalue weighted by Crippen LogP contribution is 2.27. The predicted octanol–water partition coefficient (Wildman–Crippen LogP) is 1.02. The van der Waals surface area contributed by atoms with Crippen LogP contribution in [0.4, 0.5) is 5.69 Å². The Hall–Kier alpha value is -1.70. The van der Waals surface area contributed by atoms with Gasteiger partial charge in [-0.15, -0.1) is 0 Å². The van der Waals surface area contributed by atoms with Gasteiger partial charge < -0.3 is 19.7 Å². The van der Waals surface area contributed by atoms with E-state index in [4.69, 9.17) is 9.47 Å². The molecule has 0 radical (unpaired) electrons. The summed E-state index contributed by atoms with van der Waals surface area (Å²) in [4.78, 5) is 12.8. The van der Waals surface area contributed by atoms with E-state index >= 15 is 0 Å². The van der Waals surface area contributed by atoms with E-state index in [9.17, 15) is 10.1 Å². The average molecular weight is 295 g/mol. The maximum atomic E-state index is 11.0. The number of hydrogen-bond donors (Lipinski definition) is 1. The van der Waals surface area contributed by atoms with Crippen molar-refractivity contribution in [3.8, 4) is 5.75 Å². The topological polar surface area (TPSA) is 76.9 Å². The van der Waals surface area contributed by atoms with Gasteiger partial charge in [0.1, 0.15) is 0 Å². The summed E-state index contributed by atoms with van der Waals surface area (Å²) in [6.45, 7) is 3.90. The molecule has 1 unspecified atom stereocenters. The quantitative estimate of drug-likeness (QED) is 0.624. The Morgan fingerprint density at radius 1 is 1.57 bits per heavy atom. The summed E-state index contributed by atoms with van der Waals surface area (Å²) in [5.41, 5.74) is 0.845. The lowest BCUT2D eigenvalue weighted by atomic mass is 10.2. The molecule has 0 saturated carbocycles. The van der Waals surface area contributed by atoms with Gasteiger partial charge in [0, 0.05) is 32.2 Å². The summed E-state index contributed by atoms with van der Waals surface area (Å²) in [6.07, 6.45) is 0.164. The average Bonchev–Trinajstić information content (AvgIpc) is 2.47. The lowest BCUT2D eigenvalue weighted by molar-refractivity contribution is -0.385. The summed E-state index contributed by atoms with van der Waals surface area (Å²) < 4.78 is 10.6. The van der Waals surface area contributed by atoms with Crippen molar-refractivity contribution in [2.75, 3.05) is 40.4 Å². The molecule has 0 spiro atoms. The minimum atomic E-state index is -0.429. The highest BCUT2D eigenvalue weighted by atomic mass is 16.6. The molecular formula is C14H21N3O4. The first-order chi connectivity index (χ1) is 10.1. The fraction of sp³-hybridized carbons (Fsp3) is 0.571. The second-order valence-electron chi connectivity index (χ2n) is 5.15. The molecule has 1 saturated heterocycles. The second kappa shape index (κ2) is 7.35. The maximum absolute atomic E-state index is 11.0. The molecule has 7 heteroatoms. The molecule has 1 atom stereocenters. The maximum Gasteiger partial charge on any atom is 0.311 e. The van der Waals surface area contributed by atoms with Gasteiger partial charge in [0.2, 0.25) is 0 Å². The van der Waals surface area contributed by atoms with Crippen molar-refractivity contribution in [3.63, 3.8) is 0 Å². The number of benzene rings is 1. The molecule has 0 aromatic heterocycles. The third kappa shape index (κ3) is 4.38. The van der Waals surface area contributed by atoms with Crippen LogP contribution >= 0.6 is 0 Å². The first-order valence-corrected chi connectivity index (χ1v) is 6.92. The number of hydrogen-bond acceptors (Lipinski definition) is 6. The lowest BCUT2D eigenvalue weighted by Gasteiger charge is -2.30. The molecule has 21 heavy (non-hydrogen) atoms. The van der Waals surface area contributed by atoms with Crippen molar-refractivity contribution < 1.29 is 14.4 Å². The van der Waals surface area contributed by atoms with Gasteiger partial charge in [0.15, 0.2) is 5.75 Å². The normalized spacial score (nSPS) is 19.4. The Morgan fingerprint density at radius 3 is 3.05 bits per heavy atom. The van der Waals surface area contributed by atoms with Gasteiger partial charge >= 0.3 is 5.69 Å². The predicted molar refractivity (Wildman–Crippen MR) is 78.6 cm³/mol. The van der Waals surface area contributed by atoms with E-state index in [0.717, 1.165) is 31.8 Å². The van der Waals surface area contributed by atoms with Crippen LogP contribution in [0.2, 0.25) is 0 Å². The monoisotopic (exact) mass is 295 g/mol. The van der Waals surface area contributed by atoms with E-state index < -0.39 is 4.92 Å². The lowest BCUT2D eigenvalue weighted by Crippen LogP contribution is -2.44. The van der Waals surface area contributed by atoms with Crippen LogP contribution in [0.3, 0.4) is 0 Å². The Balaban J connectivity index is 1.88. The zero-order chi connectivity index (χ0) is 15.2. The number of nitro groups is 1. The summed E-state index contributed by atoms with van der Waals surface area (Å²) in [5, 5.41) is 14.3. The third-order valence-electron chi connectivity index (χ3n) is 3.48. The summed E-state index contributed by atoms with van der Waals surface area (Å²) in [6, 6.07) is 4.99. The van der Waals surface area contributed by atoms with E-state index in [1.807, 2.05) is 6.07 Å². The first kappa shape index (κ1) is 15.7. The molecule has 1 fully saturated rings. The van der Waals surface area contributed by atoms with Gasteiger partial charge in [-0.3, -0.25) is 10.1 Å². The van der Waals surface area contributed by atoms with Crippen molar-refractivity contribution in [2.45, 2.75) is 12.6 Å². The van der Waals surface area contributed by atoms with Crippen LogP contribution in [-0.2, 0) is 11.3 Å². The number of nitrogens with one attached hydrogen (secondary N) is 1. The molecule has 1 aromatic carbocycles. The van der Waals surface area contributed by atoms with Crippen molar-refractivity contribution >= 4 is 5.69 Å². The number of ether oxygens (including phenoxy) is 2. The minimum absolute atomic E-state index is 0.00884. The highest BCUT2D eigenvalue weighted by Gasteiger charge is 2.18. The van der Waals surface area contributed by atoms with Crippen molar-refractivity contribution in [2.24, 2.45) is 0 Å². The van der Waals surface area contributed by atoms with Gasteiger partial charge in [-0.25, -0.2) is 0 Å². The molecule has 2 rings (SSSR count). The van der Waals surface area contributed by atoms with Crippen LogP contribution in [0.5, 0.6) is 5.75 Å². The SMILES string of the molecule is COc1ccc(CNCC2CN(C)CCO2)cc1[N+](=O)[O-]. The number of likely N-dealkylation sites (N-methyl/N-ethyl adjacent to an activating group) is 1. The molecular weight excluding hydrogens is 274 g/mol. The molecule has 1 aliphatic heterocycles. The van der Waals surface area contributed by atoms with Gasteiger partial charge in [0.05, 0.1) is 24.7 Å². The van der Waals surface area contributed by atoms with E-state index in [1.165, 1.54) is 7.11 Å². The minimum Gasteiger partial charge on any atom is -0.490 e. The molecule has 1 aliphatic rings. The fourth-order valence-electron chi connectivity index (χ4n) is 2.36. The van der Waals surface area contributed by atoms with Crippen molar-refractivity contribution in [3.05, 3.63) is 33.9 Å². The Bertz CT molecular complexity index is 495. The van der Waals surface area contributed by atoms with Gasteiger partial charge in [-0.05, 0) is 18.7 Å². The Kier molecular flexibility index (Phi) is 5.49. The number of methoxy groups -OCH3 is 1. The van der Waals surface area contributed by atoms with Crippen molar-refractivity contribution in [1.82, 2.24) is 10.2 Å². The fourth-order valence-corrected chi connectivity index (χ4v) is 2.36. The second-order valence-corrected chi connectivity index (χ2v) is 5.15. The van der Waals surface area contributed by atoms with Crippen LogP contribution < -0.4 is 10.1 Å². The molecule has 7 nitrogen and oxygen atoms in total. The summed E-state index contributed by atoms with van der Waals surface area (Å²) >= 11 is 0. The Labute approximate surface area is 124 Å². The molecule has 0 aliphatic carbocycles. The van der Waals surface area contributed by atoms with E-state index in [0.29, 0.717) is 6.54 Å². The van der Waals surface area contributed by atoms with Gasteiger partial charge in [0.25, 0.3) is 0 Å². The van der Waals surface area contributed by atoms with Crippen LogP contribution in [0.25, 0.3) is 0 Å².